The van der Waals surface area contributed by atoms with Crippen molar-refractivity contribution in [1.82, 2.24) is 14.3 Å². The number of nitrogens with zero attached hydrogens (tertiary/aromatic N) is 5. The Morgan fingerprint density at radius 3 is 2.86 bits per heavy atom. The van der Waals surface area contributed by atoms with E-state index in [1.807, 2.05) is 0 Å². The molecule has 3 heterocycles. The Morgan fingerprint density at radius 1 is 1.54 bits per heavy atom. The number of aliphatic imine (C=N–C) groups is 1. The Hall–Kier alpha value is -2.75. The molecule has 0 radical (unpaired) electrons. The van der Waals surface area contributed by atoms with E-state index in [9.17, 15) is 13.2 Å². The van der Waals surface area contributed by atoms with Crippen LogP contribution in [0.1, 0.15) is 22.4 Å². The van der Waals surface area contributed by atoms with Gasteiger partial charge in [0.2, 0.25) is 21.7 Å². The van der Waals surface area contributed by atoms with Gasteiger partial charge in [0, 0.05) is 18.6 Å². The zero-order valence-electron chi connectivity index (χ0n) is 14.7. The second kappa shape index (κ2) is 7.01. The van der Waals surface area contributed by atoms with Crippen molar-refractivity contribution in [2.75, 3.05) is 18.1 Å². The van der Waals surface area contributed by atoms with E-state index in [2.05, 4.69) is 25.1 Å². The van der Waals surface area contributed by atoms with Crippen LogP contribution in [-0.2, 0) is 15.6 Å². The number of aromatic nitrogens is 2. The third-order valence-corrected chi connectivity index (χ3v) is 7.27. The standard InChI is InChI=1S/C15H14ClN7O3S2/c1-15(7-28(25,26)23(3)14(17)22-15)13-21-10(6-27-13)20-12(24)11-9(16)4-8(18-2)5-19-11/h4-6H,7H2,1,3H3,(H2,17,22)(H,20,24)/t15-/m0/s1. The first-order valence-electron chi connectivity index (χ1n) is 7.68. The predicted octanol–water partition coefficient (Wildman–Crippen LogP) is 1.80. The number of carbonyl (C=O) groups excluding carboxylic acids is 1. The number of halogens is 1. The van der Waals surface area contributed by atoms with Gasteiger partial charge in [-0.05, 0) is 13.0 Å². The number of rotatable bonds is 3. The highest BCUT2D eigenvalue weighted by Crippen LogP contribution is 2.34. The Balaban J connectivity index is 1.85. The molecule has 0 aliphatic carbocycles. The quantitative estimate of drug-likeness (QED) is 0.700. The van der Waals surface area contributed by atoms with Crippen LogP contribution in [-0.4, -0.2) is 47.4 Å². The molecule has 0 bridgehead atoms. The minimum Gasteiger partial charge on any atom is -0.369 e. The molecular weight excluding hydrogens is 426 g/mol. The lowest BCUT2D eigenvalue weighted by molar-refractivity contribution is 0.102. The summed E-state index contributed by atoms with van der Waals surface area (Å²) in [6.45, 7) is 8.53. The molecule has 10 nitrogen and oxygen atoms in total. The van der Waals surface area contributed by atoms with Crippen molar-refractivity contribution >= 4 is 56.3 Å². The Labute approximate surface area is 169 Å². The van der Waals surface area contributed by atoms with E-state index in [0.29, 0.717) is 5.01 Å². The smallest absolute Gasteiger partial charge is 0.276 e. The van der Waals surface area contributed by atoms with Gasteiger partial charge in [0.1, 0.15) is 27.8 Å². The van der Waals surface area contributed by atoms with Crippen LogP contribution in [0.5, 0.6) is 0 Å². The zero-order chi connectivity index (χ0) is 20.7. The highest BCUT2D eigenvalue weighted by molar-refractivity contribution is 7.89. The van der Waals surface area contributed by atoms with Crippen LogP contribution in [0.25, 0.3) is 4.85 Å². The highest BCUT2D eigenvalue weighted by atomic mass is 35.5. The van der Waals surface area contributed by atoms with Crippen molar-refractivity contribution in [3.63, 3.8) is 0 Å². The molecule has 1 atom stereocenters. The molecule has 3 N–H and O–H groups in total. The molecule has 3 rings (SSSR count). The lowest BCUT2D eigenvalue weighted by Crippen LogP contribution is -2.50. The van der Waals surface area contributed by atoms with Crippen molar-refractivity contribution < 1.29 is 13.2 Å². The Bertz CT molecular complexity index is 1140. The first-order valence-corrected chi connectivity index (χ1v) is 10.5. The predicted molar refractivity (Wildman–Crippen MR) is 106 cm³/mol. The van der Waals surface area contributed by atoms with Crippen LogP contribution in [0.2, 0.25) is 5.02 Å². The van der Waals surface area contributed by atoms with Crippen molar-refractivity contribution in [3.05, 3.63) is 44.8 Å². The molecule has 13 heteroatoms. The van der Waals surface area contributed by atoms with Gasteiger partial charge in [-0.15, -0.1) is 11.3 Å². The molecule has 0 fully saturated rings. The van der Waals surface area contributed by atoms with Crippen molar-refractivity contribution in [1.29, 1.82) is 0 Å². The Kier molecular flexibility index (Phi) is 5.00. The topological polar surface area (TPSA) is 135 Å². The van der Waals surface area contributed by atoms with Gasteiger partial charge >= 0.3 is 0 Å². The summed E-state index contributed by atoms with van der Waals surface area (Å²) in [6, 6.07) is 1.34. The van der Waals surface area contributed by atoms with Gasteiger partial charge in [-0.3, -0.25) is 9.78 Å². The third-order valence-electron chi connectivity index (χ3n) is 3.94. The summed E-state index contributed by atoms with van der Waals surface area (Å²) in [5.74, 6) is -0.847. The van der Waals surface area contributed by atoms with E-state index in [4.69, 9.17) is 23.9 Å². The van der Waals surface area contributed by atoms with Gasteiger partial charge in [-0.25, -0.2) is 27.5 Å². The largest absolute Gasteiger partial charge is 0.369 e. The van der Waals surface area contributed by atoms with E-state index in [1.54, 1.807) is 12.3 Å². The number of carbonyl (C=O) groups is 1. The summed E-state index contributed by atoms with van der Waals surface area (Å²) in [4.78, 5) is 28.0. The summed E-state index contributed by atoms with van der Waals surface area (Å²) in [7, 11) is -2.30. The summed E-state index contributed by atoms with van der Waals surface area (Å²) in [6.07, 6.45) is 1.24. The Morgan fingerprint density at radius 2 is 2.25 bits per heavy atom. The van der Waals surface area contributed by atoms with Crippen LogP contribution < -0.4 is 11.1 Å². The lowest BCUT2D eigenvalue weighted by atomic mass is 10.1. The first-order chi connectivity index (χ1) is 13.1. The molecule has 2 aromatic heterocycles. The number of hydrogen-bond donors (Lipinski definition) is 2. The first kappa shape index (κ1) is 20.0. The highest BCUT2D eigenvalue weighted by Gasteiger charge is 2.42. The van der Waals surface area contributed by atoms with E-state index >= 15 is 0 Å². The third kappa shape index (κ3) is 3.64. The number of hydrogen-bond acceptors (Lipinski definition) is 8. The van der Waals surface area contributed by atoms with Gasteiger partial charge in [-0.2, -0.15) is 0 Å². The molecule has 146 valence electrons. The van der Waals surface area contributed by atoms with Gasteiger partial charge in [0.05, 0.1) is 11.6 Å². The number of amides is 1. The summed E-state index contributed by atoms with van der Waals surface area (Å²) < 4.78 is 25.5. The summed E-state index contributed by atoms with van der Waals surface area (Å²) in [5.41, 5.74) is 4.72. The molecule has 0 spiro atoms. The fourth-order valence-electron chi connectivity index (χ4n) is 2.47. The van der Waals surface area contributed by atoms with Crippen molar-refractivity contribution in [2.45, 2.75) is 12.5 Å². The number of guanidine groups is 1. The molecular formula is C15H14ClN7O3S2. The zero-order valence-corrected chi connectivity index (χ0v) is 17.1. The van der Waals surface area contributed by atoms with Crippen LogP contribution >= 0.6 is 22.9 Å². The van der Waals surface area contributed by atoms with Crippen LogP contribution in [0, 0.1) is 6.57 Å². The molecule has 0 saturated heterocycles. The number of thiazole rings is 1. The van der Waals surface area contributed by atoms with Gasteiger partial charge < -0.3 is 11.1 Å². The number of nitrogens with two attached hydrogens (primary N) is 1. The minimum atomic E-state index is -3.63. The minimum absolute atomic E-state index is 0.0344. The average molecular weight is 440 g/mol. The fraction of sp³-hybridized carbons (Fsp3) is 0.267. The van der Waals surface area contributed by atoms with Crippen molar-refractivity contribution in [3.8, 4) is 0 Å². The number of sulfonamides is 1. The maximum Gasteiger partial charge on any atom is 0.276 e. The van der Waals surface area contributed by atoms with Crippen LogP contribution in [0.3, 0.4) is 0 Å². The second-order valence-electron chi connectivity index (χ2n) is 6.10. The molecule has 0 unspecified atom stereocenters. The number of anilines is 1. The monoisotopic (exact) mass is 439 g/mol. The van der Waals surface area contributed by atoms with Gasteiger partial charge in [0.15, 0.2) is 0 Å². The molecule has 28 heavy (non-hydrogen) atoms. The maximum absolute atomic E-state index is 12.4. The SMILES string of the molecule is [C-]#[N+]c1cnc(C(=O)Nc2csc([C@]3(C)CS(=O)(=O)N(C)C(N)=N3)n2)c(Cl)c1. The van der Waals surface area contributed by atoms with E-state index < -0.39 is 21.5 Å². The molecule has 1 aliphatic rings. The number of nitrogens with one attached hydrogen (secondary N) is 1. The molecule has 2 aromatic rings. The molecule has 1 amide bonds. The number of pyridine rings is 1. The van der Waals surface area contributed by atoms with Crippen LogP contribution in [0.4, 0.5) is 11.5 Å². The van der Waals surface area contributed by atoms with E-state index in [0.717, 1.165) is 15.6 Å². The van der Waals surface area contributed by atoms with Gasteiger partial charge in [-0.1, -0.05) is 11.6 Å². The van der Waals surface area contributed by atoms with E-state index in [1.165, 1.54) is 19.3 Å². The molecule has 0 aromatic carbocycles. The fourth-order valence-corrected chi connectivity index (χ4v) is 5.10. The normalized spacial score (nSPS) is 20.9. The summed E-state index contributed by atoms with van der Waals surface area (Å²) in [5, 5.41) is 4.52. The summed E-state index contributed by atoms with van der Waals surface area (Å²) >= 11 is 7.13. The molecule has 0 saturated carbocycles. The van der Waals surface area contributed by atoms with Crippen LogP contribution in [0.15, 0.2) is 22.6 Å². The van der Waals surface area contributed by atoms with Gasteiger partial charge in [0.25, 0.3) is 5.91 Å². The maximum atomic E-state index is 12.4. The van der Waals surface area contributed by atoms with E-state index in [-0.39, 0.29) is 33.9 Å². The van der Waals surface area contributed by atoms with Crippen molar-refractivity contribution in [2.24, 2.45) is 10.7 Å². The average Bonchev–Trinajstić information content (AvgIpc) is 3.08. The molecule has 1 aliphatic heterocycles. The second-order valence-corrected chi connectivity index (χ2v) is 9.36. The lowest BCUT2D eigenvalue weighted by Gasteiger charge is -2.32.